The third-order valence-electron chi connectivity index (χ3n) is 3.55. The minimum absolute atomic E-state index is 0.199. The fourth-order valence-electron chi connectivity index (χ4n) is 2.50. The lowest BCUT2D eigenvalue weighted by Gasteiger charge is -2.00. The van der Waals surface area contributed by atoms with Crippen LogP contribution in [0.3, 0.4) is 0 Å². The van der Waals surface area contributed by atoms with Gasteiger partial charge in [0, 0.05) is 10.9 Å². The molecular weight excluding hydrogens is 264 g/mol. The Hall–Kier alpha value is -2.95. The fraction of sp³-hybridized carbons (Fsp3) is 0.0625. The lowest BCUT2D eigenvalue weighted by Crippen LogP contribution is -2.16. The number of amides is 1. The summed E-state index contributed by atoms with van der Waals surface area (Å²) >= 11 is 0. The molecule has 0 saturated heterocycles. The number of fused-ring (bicyclic) bond motifs is 2. The predicted molar refractivity (Wildman–Crippen MR) is 81.5 cm³/mol. The number of benzene rings is 2. The molecule has 3 aromatic rings. The number of nitrogens with one attached hydrogen (secondary N) is 1. The first kappa shape index (κ1) is 11.8. The zero-order valence-corrected chi connectivity index (χ0v) is 11.4. The van der Waals surface area contributed by atoms with Gasteiger partial charge in [-0.2, -0.15) is 9.89 Å². The molecule has 0 aliphatic carbocycles. The Kier molecular flexibility index (Phi) is 2.41. The van der Waals surface area contributed by atoms with Crippen LogP contribution in [0.1, 0.15) is 11.1 Å². The summed E-state index contributed by atoms with van der Waals surface area (Å²) in [5, 5.41) is 12.5. The van der Waals surface area contributed by atoms with Gasteiger partial charge in [-0.05, 0) is 25.1 Å². The molecule has 0 fully saturated rings. The average Bonchev–Trinajstić information content (AvgIpc) is 3.02. The van der Waals surface area contributed by atoms with E-state index in [1.807, 2.05) is 49.4 Å². The molecule has 21 heavy (non-hydrogen) atoms. The molecule has 0 unspecified atom stereocenters. The Balaban J connectivity index is 1.90. The molecule has 2 heterocycles. The van der Waals surface area contributed by atoms with Crippen molar-refractivity contribution in [1.29, 1.82) is 0 Å². The van der Waals surface area contributed by atoms with Crippen LogP contribution >= 0.6 is 0 Å². The Morgan fingerprint density at radius 2 is 2.05 bits per heavy atom. The second-order valence-corrected chi connectivity index (χ2v) is 5.04. The Morgan fingerprint density at radius 1 is 1.19 bits per heavy atom. The zero-order chi connectivity index (χ0) is 14.4. The van der Waals surface area contributed by atoms with Crippen LogP contribution in [0.5, 0.6) is 0 Å². The molecule has 102 valence electrons. The molecule has 4 rings (SSSR count). The minimum Gasteiger partial charge on any atom is -0.320 e. The Labute approximate surface area is 120 Å². The van der Waals surface area contributed by atoms with Gasteiger partial charge in [-0.3, -0.25) is 4.79 Å². The summed E-state index contributed by atoms with van der Waals surface area (Å²) in [5.74, 6) is -0.199. The van der Waals surface area contributed by atoms with Crippen molar-refractivity contribution in [2.24, 2.45) is 5.10 Å². The van der Waals surface area contributed by atoms with Gasteiger partial charge in [-0.1, -0.05) is 29.8 Å². The maximum atomic E-state index is 12.1. The number of rotatable bonds is 1. The molecule has 1 aromatic heterocycles. The highest BCUT2D eigenvalue weighted by Crippen LogP contribution is 2.25. The number of anilines is 1. The van der Waals surface area contributed by atoms with Crippen LogP contribution in [0.25, 0.3) is 10.9 Å². The van der Waals surface area contributed by atoms with Crippen molar-refractivity contribution < 1.29 is 4.79 Å². The quantitative estimate of drug-likeness (QED) is 0.742. The van der Waals surface area contributed by atoms with Gasteiger partial charge in [-0.25, -0.2) is 0 Å². The van der Waals surface area contributed by atoms with Gasteiger partial charge in [0.1, 0.15) is 0 Å². The first-order chi connectivity index (χ1) is 10.2. The van der Waals surface area contributed by atoms with Crippen molar-refractivity contribution in [3.05, 3.63) is 59.8 Å². The largest absolute Gasteiger partial charge is 0.320 e. The number of hydrogen-bond acceptors (Lipinski definition) is 3. The van der Waals surface area contributed by atoms with E-state index in [9.17, 15) is 4.79 Å². The maximum Gasteiger partial charge on any atom is 0.276 e. The molecule has 1 N–H and O–H groups in total. The average molecular weight is 276 g/mol. The Morgan fingerprint density at radius 3 is 2.95 bits per heavy atom. The summed E-state index contributed by atoms with van der Waals surface area (Å²) in [7, 11) is 0. The van der Waals surface area contributed by atoms with Crippen LogP contribution in [0.4, 0.5) is 5.69 Å². The molecule has 1 aliphatic rings. The van der Waals surface area contributed by atoms with Crippen LogP contribution in [-0.4, -0.2) is 21.5 Å². The van der Waals surface area contributed by atoms with Crippen LogP contribution in [0, 0.1) is 6.92 Å². The lowest BCUT2D eigenvalue weighted by atomic mass is 10.1. The van der Waals surface area contributed by atoms with Gasteiger partial charge in [0.2, 0.25) is 0 Å². The molecule has 1 amide bonds. The van der Waals surface area contributed by atoms with Crippen molar-refractivity contribution in [2.45, 2.75) is 6.92 Å². The number of aromatic nitrogens is 2. The third kappa shape index (κ3) is 1.82. The highest BCUT2D eigenvalue weighted by atomic mass is 16.2. The molecule has 0 spiro atoms. The second-order valence-electron chi connectivity index (χ2n) is 5.04. The van der Waals surface area contributed by atoms with Gasteiger partial charge in [-0.15, -0.1) is 5.10 Å². The van der Waals surface area contributed by atoms with E-state index in [-0.39, 0.29) is 5.91 Å². The first-order valence-corrected chi connectivity index (χ1v) is 6.66. The summed E-state index contributed by atoms with van der Waals surface area (Å²) < 4.78 is 0. The predicted octanol–water partition coefficient (Wildman–Crippen LogP) is 2.55. The molecule has 0 saturated carbocycles. The molecule has 0 bridgehead atoms. The number of hydrogen-bond donors (Lipinski definition) is 1. The molecule has 5 nitrogen and oxygen atoms in total. The molecule has 0 atom stereocenters. The van der Waals surface area contributed by atoms with Crippen LogP contribution in [0.15, 0.2) is 53.8 Å². The Bertz CT molecular complexity index is 908. The number of carbonyl (C=O) groups excluding carboxylic acids is 1. The summed E-state index contributed by atoms with van der Waals surface area (Å²) in [6.07, 6.45) is 1.74. The van der Waals surface area contributed by atoms with Gasteiger partial charge >= 0.3 is 0 Å². The van der Waals surface area contributed by atoms with Crippen LogP contribution in [0.2, 0.25) is 0 Å². The SMILES string of the molecule is Cc1ccc2c(c1)/C(=N/n1ncc3ccccc31)C(=O)N2. The van der Waals surface area contributed by atoms with E-state index in [2.05, 4.69) is 15.5 Å². The first-order valence-electron chi connectivity index (χ1n) is 6.66. The van der Waals surface area contributed by atoms with Crippen LogP contribution < -0.4 is 5.32 Å². The normalized spacial score (nSPS) is 15.5. The monoisotopic (exact) mass is 276 g/mol. The number of para-hydroxylation sites is 1. The van der Waals surface area contributed by atoms with Gasteiger partial charge < -0.3 is 5.32 Å². The van der Waals surface area contributed by atoms with Crippen molar-refractivity contribution >= 4 is 28.2 Å². The van der Waals surface area contributed by atoms with E-state index in [0.29, 0.717) is 5.71 Å². The van der Waals surface area contributed by atoms with Crippen molar-refractivity contribution in [3.8, 4) is 0 Å². The maximum absolute atomic E-state index is 12.1. The van der Waals surface area contributed by atoms with Crippen molar-refractivity contribution in [1.82, 2.24) is 9.89 Å². The molecule has 0 radical (unpaired) electrons. The standard InChI is InChI=1S/C16H12N4O/c1-10-6-7-13-12(8-10)15(16(21)18-13)19-20-14-5-3-2-4-11(14)9-17-20/h2-9H,1H3,(H,18,19,21). The van der Waals surface area contributed by atoms with E-state index in [1.165, 1.54) is 4.79 Å². The molecular formula is C16H12N4O. The van der Waals surface area contributed by atoms with E-state index in [4.69, 9.17) is 0 Å². The van der Waals surface area contributed by atoms with Crippen LogP contribution in [-0.2, 0) is 4.79 Å². The van der Waals surface area contributed by atoms with Gasteiger partial charge in [0.05, 0.1) is 17.4 Å². The zero-order valence-electron chi connectivity index (χ0n) is 11.4. The summed E-state index contributed by atoms with van der Waals surface area (Å²) in [5.41, 5.74) is 3.96. The third-order valence-corrected chi connectivity index (χ3v) is 3.55. The number of carbonyl (C=O) groups is 1. The molecule has 2 aromatic carbocycles. The van der Waals surface area contributed by atoms with E-state index >= 15 is 0 Å². The minimum atomic E-state index is -0.199. The summed E-state index contributed by atoms with van der Waals surface area (Å²) in [6.45, 7) is 1.99. The van der Waals surface area contributed by atoms with Gasteiger partial charge in [0.15, 0.2) is 5.71 Å². The summed E-state index contributed by atoms with van der Waals surface area (Å²) in [4.78, 5) is 13.6. The topological polar surface area (TPSA) is 59.3 Å². The van der Waals surface area contributed by atoms with Gasteiger partial charge in [0.25, 0.3) is 5.91 Å². The lowest BCUT2D eigenvalue weighted by molar-refractivity contribution is -0.110. The van der Waals surface area contributed by atoms with E-state index in [0.717, 1.165) is 27.7 Å². The second kappa shape index (κ2) is 4.28. The smallest absolute Gasteiger partial charge is 0.276 e. The highest BCUT2D eigenvalue weighted by Gasteiger charge is 2.26. The van der Waals surface area contributed by atoms with E-state index < -0.39 is 0 Å². The van der Waals surface area contributed by atoms with E-state index in [1.54, 1.807) is 6.20 Å². The van der Waals surface area contributed by atoms with Crippen molar-refractivity contribution in [3.63, 3.8) is 0 Å². The van der Waals surface area contributed by atoms with Crippen molar-refractivity contribution in [2.75, 3.05) is 5.32 Å². The number of aryl methyl sites for hydroxylation is 1. The number of nitrogens with zero attached hydrogens (tertiary/aromatic N) is 3. The fourth-order valence-corrected chi connectivity index (χ4v) is 2.50. The highest BCUT2D eigenvalue weighted by molar-refractivity contribution is 6.53. The molecule has 5 heteroatoms. The molecule has 1 aliphatic heterocycles. The summed E-state index contributed by atoms with van der Waals surface area (Å²) in [6, 6.07) is 13.6.